The third kappa shape index (κ3) is 4.72. The summed E-state index contributed by atoms with van der Waals surface area (Å²) in [5, 5.41) is 0. The van der Waals surface area contributed by atoms with Crippen LogP contribution in [0.3, 0.4) is 0 Å². The molecule has 0 aliphatic carbocycles. The van der Waals surface area contributed by atoms with Crippen LogP contribution in [0.2, 0.25) is 0 Å². The molecule has 1 fully saturated rings. The summed E-state index contributed by atoms with van der Waals surface area (Å²) in [7, 11) is 0. The summed E-state index contributed by atoms with van der Waals surface area (Å²) >= 11 is 0. The summed E-state index contributed by atoms with van der Waals surface area (Å²) in [6, 6.07) is 21.4. The van der Waals surface area contributed by atoms with Crippen molar-refractivity contribution in [1.82, 2.24) is 4.90 Å². The van der Waals surface area contributed by atoms with E-state index in [0.29, 0.717) is 12.6 Å². The van der Waals surface area contributed by atoms with Gasteiger partial charge in [0.1, 0.15) is 0 Å². The number of esters is 1. The van der Waals surface area contributed by atoms with Gasteiger partial charge in [-0.05, 0) is 37.3 Å². The summed E-state index contributed by atoms with van der Waals surface area (Å²) in [4.78, 5) is 14.3. The first-order valence-electron chi connectivity index (χ1n) is 8.98. The molecule has 1 aliphatic rings. The molecule has 0 aromatic heterocycles. The van der Waals surface area contributed by atoms with Gasteiger partial charge in [0.2, 0.25) is 0 Å². The van der Waals surface area contributed by atoms with Crippen LogP contribution in [0.1, 0.15) is 30.9 Å². The van der Waals surface area contributed by atoms with Gasteiger partial charge in [0.05, 0.1) is 6.61 Å². The molecule has 2 aromatic rings. The van der Waals surface area contributed by atoms with E-state index < -0.39 is 0 Å². The molecular formula is C22H25NO2. The van der Waals surface area contributed by atoms with Crippen LogP contribution in [0.5, 0.6) is 0 Å². The average molecular weight is 335 g/mol. The lowest BCUT2D eigenvalue weighted by Gasteiger charge is -2.28. The predicted molar refractivity (Wildman–Crippen MR) is 99.9 cm³/mol. The van der Waals surface area contributed by atoms with Gasteiger partial charge in [-0.25, -0.2) is 4.79 Å². The Hall–Kier alpha value is -2.55. The molecule has 1 atom stereocenters. The van der Waals surface area contributed by atoms with Gasteiger partial charge in [0.25, 0.3) is 0 Å². The van der Waals surface area contributed by atoms with Gasteiger partial charge in [0.15, 0.2) is 0 Å². The number of hydrogen-bond donors (Lipinski definition) is 0. The third-order valence-corrected chi connectivity index (χ3v) is 4.62. The predicted octanol–water partition coefficient (Wildman–Crippen LogP) is 4.34. The van der Waals surface area contributed by atoms with E-state index in [2.05, 4.69) is 53.4 Å². The van der Waals surface area contributed by atoms with Crippen LogP contribution in [-0.2, 0) is 22.5 Å². The Balaban J connectivity index is 1.80. The van der Waals surface area contributed by atoms with Crippen molar-refractivity contribution in [2.24, 2.45) is 0 Å². The van der Waals surface area contributed by atoms with Crippen molar-refractivity contribution >= 4 is 5.97 Å². The molecule has 3 rings (SSSR count). The molecule has 0 bridgehead atoms. The van der Waals surface area contributed by atoms with Gasteiger partial charge in [-0.2, -0.15) is 0 Å². The fourth-order valence-electron chi connectivity index (χ4n) is 3.43. The molecule has 1 saturated heterocycles. The summed E-state index contributed by atoms with van der Waals surface area (Å²) < 4.78 is 5.11. The van der Waals surface area contributed by atoms with E-state index in [-0.39, 0.29) is 5.97 Å². The molecule has 0 saturated carbocycles. The maximum atomic E-state index is 11.9. The van der Waals surface area contributed by atoms with Crippen LogP contribution in [0.15, 0.2) is 72.4 Å². The Morgan fingerprint density at radius 3 is 2.36 bits per heavy atom. The van der Waals surface area contributed by atoms with Crippen molar-refractivity contribution in [1.29, 1.82) is 0 Å². The van der Waals surface area contributed by atoms with Gasteiger partial charge in [-0.1, -0.05) is 60.7 Å². The van der Waals surface area contributed by atoms with E-state index in [9.17, 15) is 4.79 Å². The van der Waals surface area contributed by atoms with Gasteiger partial charge in [-0.15, -0.1) is 0 Å². The molecule has 25 heavy (non-hydrogen) atoms. The van der Waals surface area contributed by atoms with Crippen LogP contribution in [0.4, 0.5) is 0 Å². The fraction of sp³-hybridized carbons (Fsp3) is 0.318. The van der Waals surface area contributed by atoms with Crippen LogP contribution >= 0.6 is 0 Å². The number of benzene rings is 2. The lowest BCUT2D eigenvalue weighted by Crippen LogP contribution is -2.30. The molecule has 0 amide bonds. The number of hydrogen-bond acceptors (Lipinski definition) is 3. The highest BCUT2D eigenvalue weighted by molar-refractivity contribution is 5.82. The topological polar surface area (TPSA) is 29.5 Å². The minimum Gasteiger partial charge on any atom is -0.463 e. The molecule has 3 nitrogen and oxygen atoms in total. The van der Waals surface area contributed by atoms with Gasteiger partial charge in [-0.3, -0.25) is 0 Å². The minimum absolute atomic E-state index is 0.240. The molecule has 2 aromatic carbocycles. The zero-order valence-electron chi connectivity index (χ0n) is 14.7. The Bertz CT molecular complexity index is 709. The smallest absolute Gasteiger partial charge is 0.332 e. The lowest BCUT2D eigenvalue weighted by atomic mass is 10.0. The minimum atomic E-state index is -0.240. The van der Waals surface area contributed by atoms with Crippen molar-refractivity contribution in [3.8, 4) is 0 Å². The molecule has 130 valence electrons. The number of carbonyl (C=O) groups is 1. The van der Waals surface area contributed by atoms with Crippen molar-refractivity contribution in [2.75, 3.05) is 6.61 Å². The van der Waals surface area contributed by atoms with E-state index in [1.54, 1.807) is 6.08 Å². The fourth-order valence-corrected chi connectivity index (χ4v) is 3.43. The van der Waals surface area contributed by atoms with Crippen LogP contribution in [0, 0.1) is 0 Å². The number of likely N-dealkylation sites (tertiary alicyclic amines) is 1. The molecule has 1 aliphatic heterocycles. The first-order chi connectivity index (χ1) is 12.3. The molecular weight excluding hydrogens is 310 g/mol. The van der Waals surface area contributed by atoms with E-state index >= 15 is 0 Å². The standard InChI is InChI=1S/C22H25NO2/c1-2-25-22(24)16-21-14-13-20(15-18-9-5-3-6-10-18)23(21)17-19-11-7-4-8-12-19/h3-12,16,20H,2,13-15,17H2,1H3/b21-16+/t20-/m1/s1. The number of carbonyl (C=O) groups excluding carboxylic acids is 1. The molecule has 0 N–H and O–H groups in total. The number of ether oxygens (including phenoxy) is 1. The summed E-state index contributed by atoms with van der Waals surface area (Å²) in [5.74, 6) is -0.240. The number of allylic oxidation sites excluding steroid dienone is 1. The van der Waals surface area contributed by atoms with Gasteiger partial charge >= 0.3 is 5.97 Å². The zero-order chi connectivity index (χ0) is 17.5. The van der Waals surface area contributed by atoms with Gasteiger partial charge < -0.3 is 9.64 Å². The number of rotatable bonds is 6. The first kappa shape index (κ1) is 17.3. The van der Waals surface area contributed by atoms with Crippen molar-refractivity contribution in [3.05, 3.63) is 83.6 Å². The molecule has 3 heteroatoms. The van der Waals surface area contributed by atoms with E-state index in [4.69, 9.17) is 4.74 Å². The molecule has 0 spiro atoms. The summed E-state index contributed by atoms with van der Waals surface area (Å²) in [6.45, 7) is 3.07. The highest BCUT2D eigenvalue weighted by Crippen LogP contribution is 2.31. The first-order valence-corrected chi connectivity index (χ1v) is 8.98. The molecule has 0 unspecified atom stereocenters. The second kappa shape index (κ2) is 8.52. The highest BCUT2D eigenvalue weighted by atomic mass is 16.5. The average Bonchev–Trinajstić information content (AvgIpc) is 2.98. The normalized spacial score (nSPS) is 18.5. The Labute approximate surface area is 149 Å². The lowest BCUT2D eigenvalue weighted by molar-refractivity contribution is -0.137. The van der Waals surface area contributed by atoms with Crippen molar-refractivity contribution in [3.63, 3.8) is 0 Å². The zero-order valence-corrected chi connectivity index (χ0v) is 14.7. The SMILES string of the molecule is CCOC(=O)/C=C1\CC[C@H](Cc2ccccc2)N1Cc1ccccc1. The van der Waals surface area contributed by atoms with Crippen LogP contribution < -0.4 is 0 Å². The second-order valence-corrected chi connectivity index (χ2v) is 6.38. The largest absolute Gasteiger partial charge is 0.463 e. The van der Waals surface area contributed by atoms with E-state index in [0.717, 1.165) is 31.5 Å². The van der Waals surface area contributed by atoms with E-state index in [1.807, 2.05) is 19.1 Å². The Morgan fingerprint density at radius 2 is 1.72 bits per heavy atom. The molecule has 1 heterocycles. The van der Waals surface area contributed by atoms with Crippen molar-refractivity contribution in [2.45, 2.75) is 38.8 Å². The second-order valence-electron chi connectivity index (χ2n) is 6.38. The van der Waals surface area contributed by atoms with Crippen LogP contribution in [0.25, 0.3) is 0 Å². The quantitative estimate of drug-likeness (QED) is 0.581. The maximum Gasteiger partial charge on any atom is 0.332 e. The Morgan fingerprint density at radius 1 is 1.08 bits per heavy atom. The maximum absolute atomic E-state index is 11.9. The summed E-state index contributed by atoms with van der Waals surface area (Å²) in [6.07, 6.45) is 4.65. The third-order valence-electron chi connectivity index (χ3n) is 4.62. The molecule has 0 radical (unpaired) electrons. The highest BCUT2D eigenvalue weighted by Gasteiger charge is 2.28. The van der Waals surface area contributed by atoms with Crippen LogP contribution in [-0.4, -0.2) is 23.5 Å². The van der Waals surface area contributed by atoms with Crippen molar-refractivity contribution < 1.29 is 9.53 Å². The van der Waals surface area contributed by atoms with Gasteiger partial charge in [0, 0.05) is 24.4 Å². The Kier molecular flexibility index (Phi) is 5.89. The monoisotopic (exact) mass is 335 g/mol. The number of nitrogens with zero attached hydrogens (tertiary/aromatic N) is 1. The summed E-state index contributed by atoms with van der Waals surface area (Å²) in [5.41, 5.74) is 3.68. The van der Waals surface area contributed by atoms with E-state index in [1.165, 1.54) is 11.1 Å².